The summed E-state index contributed by atoms with van der Waals surface area (Å²) in [5.41, 5.74) is 0.996. The quantitative estimate of drug-likeness (QED) is 0.389. The van der Waals surface area contributed by atoms with Gasteiger partial charge in [0.25, 0.3) is 0 Å². The van der Waals surface area contributed by atoms with Crippen LogP contribution >= 0.6 is 0 Å². The van der Waals surface area contributed by atoms with Gasteiger partial charge in [0.15, 0.2) is 0 Å². The molecule has 0 bridgehead atoms. The van der Waals surface area contributed by atoms with Crippen molar-refractivity contribution >= 4 is 19.0 Å². The Labute approximate surface area is 58.3 Å². The van der Waals surface area contributed by atoms with Crippen LogP contribution in [-0.2, 0) is 0 Å². The first-order chi connectivity index (χ1) is 3.81. The van der Waals surface area contributed by atoms with Crippen molar-refractivity contribution in [3.05, 3.63) is 0 Å². The highest BCUT2D eigenvalue weighted by Gasteiger charge is 1.84. The number of hydrogen-bond acceptors (Lipinski definition) is 2. The molecule has 0 aliphatic carbocycles. The molecule has 9 heavy (non-hydrogen) atoms. The van der Waals surface area contributed by atoms with Gasteiger partial charge in [-0.05, 0) is 18.6 Å². The largest absolute Gasteiger partial charge is 0.311 e. The van der Waals surface area contributed by atoms with Gasteiger partial charge in [0.2, 0.25) is 7.28 Å². The van der Waals surface area contributed by atoms with Gasteiger partial charge in [-0.15, -0.1) is 0 Å². The summed E-state index contributed by atoms with van der Waals surface area (Å²) in [4.78, 5) is 7.66. The molecule has 0 fully saturated rings. The highest BCUT2D eigenvalue weighted by Crippen LogP contribution is 1.67. The van der Waals surface area contributed by atoms with Crippen molar-refractivity contribution in [3.8, 4) is 0 Å². The van der Waals surface area contributed by atoms with Crippen LogP contribution in [0.1, 0.15) is 14.4 Å². The summed E-state index contributed by atoms with van der Waals surface area (Å²) < 4.78 is 0. The summed E-state index contributed by atoms with van der Waals surface area (Å²) in [5.74, 6) is 0. The molecule has 3 heteroatoms. The molecule has 0 aromatic rings. The molecule has 0 N–H and O–H groups in total. The van der Waals surface area contributed by atoms with E-state index < -0.39 is 0 Å². The molecule has 0 rings (SSSR count). The Kier molecular flexibility index (Phi) is 9.24. The second kappa shape index (κ2) is 7.40. The molecule has 0 aromatic carbocycles. The number of nitrogens with zero attached hydrogens (tertiary/aromatic N) is 2. The van der Waals surface area contributed by atoms with Gasteiger partial charge in [0.05, 0.1) is 0 Å². The number of aliphatic imine (C=N–C) groups is 2. The molecular formula is C6H14BN2. The van der Waals surface area contributed by atoms with Crippen LogP contribution in [0, 0.1) is 0 Å². The molecule has 0 saturated heterocycles. The Hall–Kier alpha value is -0.595. The minimum absolute atomic E-state index is 0. The van der Waals surface area contributed by atoms with E-state index in [9.17, 15) is 0 Å². The number of hydrogen-bond donors (Lipinski definition) is 0. The summed E-state index contributed by atoms with van der Waals surface area (Å²) in [7, 11) is 5.36. The highest BCUT2D eigenvalue weighted by molar-refractivity contribution is 6.94. The first-order valence-corrected chi connectivity index (χ1v) is 2.50. The molecule has 51 valence electrons. The van der Waals surface area contributed by atoms with Crippen LogP contribution in [0.5, 0.6) is 0 Å². The van der Waals surface area contributed by atoms with Crippen molar-refractivity contribution in [2.24, 2.45) is 9.98 Å². The van der Waals surface area contributed by atoms with E-state index in [0.717, 1.165) is 5.61 Å². The molecule has 0 aliphatic heterocycles. The van der Waals surface area contributed by atoms with E-state index in [4.69, 9.17) is 0 Å². The van der Waals surface area contributed by atoms with Crippen molar-refractivity contribution in [1.29, 1.82) is 0 Å². The van der Waals surface area contributed by atoms with Gasteiger partial charge in [-0.3, -0.25) is 0 Å². The maximum absolute atomic E-state index is 3.90. The smallest absolute Gasteiger partial charge is 0.224 e. The monoisotopic (exact) mass is 125 g/mol. The second-order valence-electron chi connectivity index (χ2n) is 1.44. The molecule has 2 nitrogen and oxygen atoms in total. The summed E-state index contributed by atoms with van der Waals surface area (Å²) in [6, 6.07) is 0. The first-order valence-electron chi connectivity index (χ1n) is 2.50. The summed E-state index contributed by atoms with van der Waals surface area (Å²) in [5, 5.41) is 0. The van der Waals surface area contributed by atoms with Gasteiger partial charge in [0.1, 0.15) is 0 Å². The molecular weight excluding hydrogens is 111 g/mol. The third-order valence-corrected chi connectivity index (χ3v) is 0.818. The Morgan fingerprint density at radius 1 is 1.44 bits per heavy atom. The Balaban J connectivity index is 0. The van der Waals surface area contributed by atoms with Crippen LogP contribution in [0.2, 0.25) is 0 Å². The normalized spacial score (nSPS) is 11.2. The Morgan fingerprint density at radius 2 is 2.00 bits per heavy atom. The third-order valence-electron chi connectivity index (χ3n) is 0.818. The lowest BCUT2D eigenvalue weighted by Crippen LogP contribution is -2.05. The van der Waals surface area contributed by atoms with Crippen molar-refractivity contribution in [3.63, 3.8) is 0 Å². The fourth-order valence-corrected chi connectivity index (χ4v) is 0.257. The van der Waals surface area contributed by atoms with E-state index in [-0.39, 0.29) is 7.43 Å². The fourth-order valence-electron chi connectivity index (χ4n) is 0.257. The predicted molar refractivity (Wildman–Crippen MR) is 45.9 cm³/mol. The first kappa shape index (κ1) is 11.2. The van der Waals surface area contributed by atoms with Gasteiger partial charge in [-0.1, -0.05) is 7.43 Å². The van der Waals surface area contributed by atoms with Gasteiger partial charge in [0, 0.05) is 14.1 Å². The minimum Gasteiger partial charge on any atom is -0.311 e. The molecule has 0 spiro atoms. The maximum Gasteiger partial charge on any atom is 0.224 e. The van der Waals surface area contributed by atoms with Gasteiger partial charge >= 0.3 is 0 Å². The Morgan fingerprint density at radius 3 is 2.33 bits per heavy atom. The molecule has 0 aromatic heterocycles. The summed E-state index contributed by atoms with van der Waals surface area (Å²) in [6.07, 6.45) is 1.72. The zero-order valence-corrected chi connectivity index (χ0v) is 5.55. The van der Waals surface area contributed by atoms with Gasteiger partial charge in [-0.25, -0.2) is 0 Å². The summed E-state index contributed by atoms with van der Waals surface area (Å²) >= 11 is 0. The van der Waals surface area contributed by atoms with E-state index in [1.165, 1.54) is 0 Å². The van der Waals surface area contributed by atoms with Crippen molar-refractivity contribution in [2.75, 3.05) is 14.1 Å². The molecule has 0 atom stereocenters. The predicted octanol–water partition coefficient (Wildman–Crippen LogP) is 1.03. The molecule has 0 unspecified atom stereocenters. The van der Waals surface area contributed by atoms with Crippen LogP contribution in [0.4, 0.5) is 0 Å². The molecule has 0 heterocycles. The minimum atomic E-state index is 0. The van der Waals surface area contributed by atoms with E-state index >= 15 is 0 Å². The van der Waals surface area contributed by atoms with Crippen molar-refractivity contribution < 1.29 is 0 Å². The van der Waals surface area contributed by atoms with Crippen molar-refractivity contribution in [2.45, 2.75) is 14.4 Å². The SMILES string of the molecule is C.CN=C[B]C(C)=NC. The summed E-state index contributed by atoms with van der Waals surface area (Å²) in [6.45, 7) is 1.93. The van der Waals surface area contributed by atoms with E-state index in [1.807, 2.05) is 14.2 Å². The van der Waals surface area contributed by atoms with E-state index in [0.29, 0.717) is 0 Å². The Bertz CT molecular complexity index is 108. The van der Waals surface area contributed by atoms with Crippen molar-refractivity contribution in [1.82, 2.24) is 0 Å². The zero-order valence-electron chi connectivity index (χ0n) is 5.55. The zero-order chi connectivity index (χ0) is 6.41. The number of rotatable bonds is 2. The topological polar surface area (TPSA) is 24.7 Å². The van der Waals surface area contributed by atoms with Crippen LogP contribution in [-0.4, -0.2) is 33.1 Å². The second-order valence-corrected chi connectivity index (χ2v) is 1.44. The maximum atomic E-state index is 3.90. The van der Waals surface area contributed by atoms with Crippen LogP contribution in [0.3, 0.4) is 0 Å². The molecule has 1 radical (unpaired) electrons. The van der Waals surface area contributed by atoms with Crippen LogP contribution in [0.25, 0.3) is 0 Å². The average Bonchev–Trinajstić information content (AvgIpc) is 1.83. The van der Waals surface area contributed by atoms with Crippen LogP contribution in [0.15, 0.2) is 9.98 Å². The van der Waals surface area contributed by atoms with E-state index in [1.54, 1.807) is 20.2 Å². The third kappa shape index (κ3) is 7.40. The molecule has 0 aliphatic rings. The van der Waals surface area contributed by atoms with Crippen LogP contribution < -0.4 is 0 Å². The van der Waals surface area contributed by atoms with Gasteiger partial charge < -0.3 is 9.98 Å². The van der Waals surface area contributed by atoms with E-state index in [2.05, 4.69) is 9.98 Å². The molecule has 0 amide bonds. The standard InChI is InChI=1S/C5H10BN2.CH4/c1-5(8-3)6-4-7-2;/h4H,1-3H3;1H4. The lowest BCUT2D eigenvalue weighted by molar-refractivity contribution is 1.45. The lowest BCUT2D eigenvalue weighted by Gasteiger charge is -1.84. The molecule has 0 saturated carbocycles. The average molecular weight is 125 g/mol. The lowest BCUT2D eigenvalue weighted by atomic mass is 9.75. The highest BCUT2D eigenvalue weighted by atomic mass is 14.7. The van der Waals surface area contributed by atoms with Gasteiger partial charge in [-0.2, -0.15) is 0 Å². The fraction of sp³-hybridized carbons (Fsp3) is 0.667.